The maximum atomic E-state index is 12.7. The highest BCUT2D eigenvalue weighted by atomic mass is 32.2. The van der Waals surface area contributed by atoms with Gasteiger partial charge in [-0.1, -0.05) is 18.2 Å². The van der Waals surface area contributed by atoms with E-state index in [9.17, 15) is 18.0 Å². The van der Waals surface area contributed by atoms with Crippen LogP contribution in [-0.2, 0) is 14.6 Å². The van der Waals surface area contributed by atoms with Gasteiger partial charge in [-0.2, -0.15) is 0 Å². The number of carbonyl (C=O) groups excluding carboxylic acids is 2. The Morgan fingerprint density at radius 2 is 1.77 bits per heavy atom. The highest BCUT2D eigenvalue weighted by molar-refractivity contribution is 7.90. The molecule has 0 aliphatic carbocycles. The number of hydrogen-bond donors (Lipinski definition) is 0. The molecular weight excluding hydrogens is 304 g/mol. The summed E-state index contributed by atoms with van der Waals surface area (Å²) in [5.41, 5.74) is 0.0881. The minimum atomic E-state index is -3.52. The number of carbonyl (C=O) groups is 2. The van der Waals surface area contributed by atoms with Crippen molar-refractivity contribution in [2.24, 2.45) is 0 Å². The van der Waals surface area contributed by atoms with Gasteiger partial charge in [0.25, 0.3) is 11.8 Å². The molecule has 1 aromatic rings. The fourth-order valence-corrected chi connectivity index (χ4v) is 3.27. The summed E-state index contributed by atoms with van der Waals surface area (Å²) in [6.45, 7) is 2.55. The van der Waals surface area contributed by atoms with Crippen molar-refractivity contribution < 1.29 is 18.0 Å². The fraction of sp³-hybridized carbons (Fsp3) is 0.333. The molecule has 0 spiro atoms. The Bertz CT molecular complexity index is 725. The second-order valence-electron chi connectivity index (χ2n) is 5.01. The molecule has 2 rings (SSSR count). The van der Waals surface area contributed by atoms with Gasteiger partial charge < -0.3 is 0 Å². The van der Waals surface area contributed by atoms with E-state index in [-0.39, 0.29) is 16.4 Å². The standard InChI is InChI=1S/C15H18N2O4S/c1-3-7-14(18)16-10-6-11-17(16)15(19)12-8-4-5-9-13(12)22(2,20)21/h3-5,7-9H,6,10-11H2,1-2H3. The number of nitrogens with zero attached hydrogens (tertiary/aromatic N) is 2. The summed E-state index contributed by atoms with van der Waals surface area (Å²) in [5, 5.41) is 2.66. The van der Waals surface area contributed by atoms with Gasteiger partial charge in [0.05, 0.1) is 10.5 Å². The molecule has 0 atom stereocenters. The van der Waals surface area contributed by atoms with Crippen molar-refractivity contribution in [1.82, 2.24) is 10.0 Å². The molecule has 1 aliphatic rings. The number of rotatable bonds is 3. The molecule has 118 valence electrons. The average Bonchev–Trinajstić information content (AvgIpc) is 2.95. The van der Waals surface area contributed by atoms with Gasteiger partial charge in [0, 0.05) is 25.4 Å². The van der Waals surface area contributed by atoms with Crippen LogP contribution in [0.1, 0.15) is 23.7 Å². The van der Waals surface area contributed by atoms with Crippen molar-refractivity contribution in [1.29, 1.82) is 0 Å². The molecule has 0 saturated carbocycles. The van der Waals surface area contributed by atoms with Crippen LogP contribution in [-0.4, -0.2) is 49.6 Å². The van der Waals surface area contributed by atoms with Crippen molar-refractivity contribution in [2.75, 3.05) is 19.3 Å². The molecule has 1 saturated heterocycles. The van der Waals surface area contributed by atoms with E-state index < -0.39 is 15.7 Å². The highest BCUT2D eigenvalue weighted by Crippen LogP contribution is 2.21. The number of amides is 2. The lowest BCUT2D eigenvalue weighted by atomic mass is 10.2. The van der Waals surface area contributed by atoms with Gasteiger partial charge in [-0.25, -0.2) is 18.4 Å². The SMILES string of the molecule is CC=CC(=O)N1CCCN1C(=O)c1ccccc1S(C)(=O)=O. The van der Waals surface area contributed by atoms with Crippen LogP contribution in [0.5, 0.6) is 0 Å². The second-order valence-corrected chi connectivity index (χ2v) is 7.00. The van der Waals surface area contributed by atoms with E-state index in [1.807, 2.05) is 0 Å². The van der Waals surface area contributed by atoms with Crippen LogP contribution in [0.25, 0.3) is 0 Å². The topological polar surface area (TPSA) is 74.8 Å². The van der Waals surface area contributed by atoms with Gasteiger partial charge in [0.15, 0.2) is 9.84 Å². The van der Waals surface area contributed by atoms with E-state index in [1.54, 1.807) is 25.1 Å². The Kier molecular flexibility index (Phi) is 4.65. The summed E-state index contributed by atoms with van der Waals surface area (Å²) >= 11 is 0. The summed E-state index contributed by atoms with van der Waals surface area (Å²) < 4.78 is 23.7. The minimum absolute atomic E-state index is 0.0228. The monoisotopic (exact) mass is 322 g/mol. The molecule has 2 amide bonds. The maximum Gasteiger partial charge on any atom is 0.273 e. The maximum absolute atomic E-state index is 12.7. The number of hydrazine groups is 1. The summed E-state index contributed by atoms with van der Waals surface area (Å²) in [4.78, 5) is 24.7. The smallest absolute Gasteiger partial charge is 0.268 e. The van der Waals surface area contributed by atoms with E-state index in [1.165, 1.54) is 28.2 Å². The predicted octanol–water partition coefficient (Wildman–Crippen LogP) is 1.26. The zero-order valence-electron chi connectivity index (χ0n) is 12.5. The Morgan fingerprint density at radius 1 is 1.14 bits per heavy atom. The van der Waals surface area contributed by atoms with Crippen molar-refractivity contribution in [3.05, 3.63) is 42.0 Å². The Balaban J connectivity index is 2.38. The highest BCUT2D eigenvalue weighted by Gasteiger charge is 2.32. The zero-order valence-corrected chi connectivity index (χ0v) is 13.3. The van der Waals surface area contributed by atoms with Crippen molar-refractivity contribution in [3.8, 4) is 0 Å². The van der Waals surface area contributed by atoms with E-state index in [0.717, 1.165) is 6.26 Å². The molecule has 0 unspecified atom stereocenters. The zero-order chi connectivity index (χ0) is 16.3. The van der Waals surface area contributed by atoms with Crippen LogP contribution in [0.2, 0.25) is 0 Å². The van der Waals surface area contributed by atoms with E-state index in [2.05, 4.69) is 0 Å². The molecule has 1 aromatic carbocycles. The van der Waals surface area contributed by atoms with Gasteiger partial charge in [-0.15, -0.1) is 0 Å². The Morgan fingerprint density at radius 3 is 2.41 bits per heavy atom. The lowest BCUT2D eigenvalue weighted by molar-refractivity contribution is -0.135. The molecular formula is C15H18N2O4S. The fourth-order valence-electron chi connectivity index (χ4n) is 2.39. The normalized spacial score (nSPS) is 15.5. The molecule has 0 N–H and O–H groups in total. The van der Waals surface area contributed by atoms with Crippen LogP contribution in [0.4, 0.5) is 0 Å². The molecule has 0 bridgehead atoms. The average molecular weight is 322 g/mol. The quantitative estimate of drug-likeness (QED) is 0.785. The predicted molar refractivity (Wildman–Crippen MR) is 81.7 cm³/mol. The van der Waals surface area contributed by atoms with Gasteiger partial charge in [-0.05, 0) is 25.5 Å². The molecule has 1 heterocycles. The summed E-state index contributed by atoms with van der Waals surface area (Å²) in [6, 6.07) is 6.04. The third-order valence-electron chi connectivity index (χ3n) is 3.35. The number of sulfone groups is 1. The Hall–Kier alpha value is -2.15. The van der Waals surface area contributed by atoms with Crippen molar-refractivity contribution in [2.45, 2.75) is 18.2 Å². The van der Waals surface area contributed by atoms with E-state index >= 15 is 0 Å². The van der Waals surface area contributed by atoms with Crippen LogP contribution >= 0.6 is 0 Å². The van der Waals surface area contributed by atoms with Gasteiger partial charge in [-0.3, -0.25) is 9.59 Å². The third kappa shape index (κ3) is 3.19. The first kappa shape index (κ1) is 16.2. The number of benzene rings is 1. The summed E-state index contributed by atoms with van der Waals surface area (Å²) in [7, 11) is -3.52. The van der Waals surface area contributed by atoms with Crippen LogP contribution in [0, 0.1) is 0 Å². The van der Waals surface area contributed by atoms with Crippen molar-refractivity contribution in [3.63, 3.8) is 0 Å². The third-order valence-corrected chi connectivity index (χ3v) is 4.50. The molecule has 0 radical (unpaired) electrons. The number of allylic oxidation sites excluding steroid dienone is 1. The van der Waals surface area contributed by atoms with Gasteiger partial charge in [0.2, 0.25) is 0 Å². The van der Waals surface area contributed by atoms with Crippen molar-refractivity contribution >= 4 is 21.7 Å². The van der Waals surface area contributed by atoms with E-state index in [4.69, 9.17) is 0 Å². The first-order chi connectivity index (χ1) is 10.4. The number of hydrogen-bond acceptors (Lipinski definition) is 4. The molecule has 1 aliphatic heterocycles. The molecule has 1 fully saturated rings. The largest absolute Gasteiger partial charge is 0.273 e. The summed E-state index contributed by atoms with van der Waals surface area (Å²) in [6.07, 6.45) is 4.71. The molecule has 7 heteroatoms. The van der Waals surface area contributed by atoms with Crippen LogP contribution < -0.4 is 0 Å². The van der Waals surface area contributed by atoms with Crippen LogP contribution in [0.15, 0.2) is 41.3 Å². The molecule has 22 heavy (non-hydrogen) atoms. The van der Waals surface area contributed by atoms with Crippen LogP contribution in [0.3, 0.4) is 0 Å². The van der Waals surface area contributed by atoms with Gasteiger partial charge >= 0.3 is 0 Å². The summed E-state index contributed by atoms with van der Waals surface area (Å²) in [5.74, 6) is -0.762. The second kappa shape index (κ2) is 6.31. The first-order valence-electron chi connectivity index (χ1n) is 6.91. The Labute approximate surface area is 129 Å². The minimum Gasteiger partial charge on any atom is -0.268 e. The lowest BCUT2D eigenvalue weighted by Gasteiger charge is -2.27. The first-order valence-corrected chi connectivity index (χ1v) is 8.80. The lowest BCUT2D eigenvalue weighted by Crippen LogP contribution is -2.44. The van der Waals surface area contributed by atoms with E-state index in [0.29, 0.717) is 19.5 Å². The van der Waals surface area contributed by atoms with Gasteiger partial charge in [0.1, 0.15) is 0 Å². The molecule has 0 aromatic heterocycles. The molecule has 6 nitrogen and oxygen atoms in total.